The number of allylic oxidation sites excluding steroid dienone is 2. The van der Waals surface area contributed by atoms with Crippen molar-refractivity contribution in [1.29, 1.82) is 0 Å². The van der Waals surface area contributed by atoms with Crippen molar-refractivity contribution >= 4 is 70.0 Å². The molecular formula is C58H114B2N7O17W-. The fraction of sp³-hybridized carbons (Fsp3) is 0.776. The first-order chi connectivity index (χ1) is 40.4. The molecule has 0 fully saturated rings. The van der Waals surface area contributed by atoms with E-state index in [9.17, 15) is 43.2 Å². The molecule has 0 aliphatic heterocycles. The second-order valence-electron chi connectivity index (χ2n) is 18.2. The van der Waals surface area contributed by atoms with E-state index in [0.29, 0.717) is 77.6 Å². The zero-order chi connectivity index (χ0) is 65.8. The smallest absolute Gasteiger partial charge is 0.246 e. The van der Waals surface area contributed by atoms with Gasteiger partial charge in [-0.05, 0) is 60.0 Å². The molecule has 0 saturated carbocycles. The van der Waals surface area contributed by atoms with Gasteiger partial charge in [0.1, 0.15) is 38.1 Å². The number of aliphatic hydroxyl groups excluding tert-OH is 2. The van der Waals surface area contributed by atoms with Crippen LogP contribution >= 0.6 is 0 Å². The van der Waals surface area contributed by atoms with Crippen LogP contribution < -0.4 is 37.8 Å². The van der Waals surface area contributed by atoms with Gasteiger partial charge in [0.2, 0.25) is 24.1 Å². The van der Waals surface area contributed by atoms with Gasteiger partial charge in [0.05, 0.1) is 69.7 Å². The van der Waals surface area contributed by atoms with Crippen molar-refractivity contribution in [2.45, 2.75) is 188 Å². The number of carbonyl (C=O) groups is 9. The number of carbonyl (C=O) groups excluding carboxylic acids is 9. The summed E-state index contributed by atoms with van der Waals surface area (Å²) in [7, 11) is 15.1. The Labute approximate surface area is 528 Å². The summed E-state index contributed by atoms with van der Waals surface area (Å²) < 4.78 is 25.0. The number of aldehydes is 3. The summed E-state index contributed by atoms with van der Waals surface area (Å²) in [6.45, 7) is 18.0. The zero-order valence-electron chi connectivity index (χ0n) is 53.6. The third kappa shape index (κ3) is 96.5. The standard InChI is InChI=1S/C23H43NO3.C13H24N2O7.C7H13BN2O3.C6H9O.C5H13N.C2H4BNO.2CH4O.W/c1-2-18-22(21-26)24-23(27)19-16-14-12-10-8-6-4-3-5-7-9-11-13-15-17-20-25;16-3-6-21-8-7-20-5-2-15-13(18)11-22-10-9-19-4-1-14-12-17;1-4(10-13)5(11)9-7(2,3)6(8)12;1-4-6(5-2)7-3;1-3-4-5-6-2;3-2(5)1-4;2*1-2;/h20-22H,2-19H2,1H3,(H,24,27);3,12H,1-2,4-11H2,(H,14,17)(H,15,18);4,10,13H,1-3H3,(H,9,11);5H,1H2,2-3H3;6H,3-5H2,1-2H3;1,4H2;2*2H,1H3;/q;;;-1;;;;;/b;;;6-5+;;;;;. The average Bonchev–Trinajstić information content (AvgIpc) is 3.49. The van der Waals surface area contributed by atoms with Crippen molar-refractivity contribution in [1.82, 2.24) is 32.1 Å². The summed E-state index contributed by atoms with van der Waals surface area (Å²) in [5.41, 5.74) is 4.25. The van der Waals surface area contributed by atoms with Crippen molar-refractivity contribution < 1.29 is 103 Å². The Hall–Kier alpha value is -4.07. The van der Waals surface area contributed by atoms with Gasteiger partial charge in [-0.3, -0.25) is 19.2 Å². The topological polar surface area (TPSA) is 359 Å². The van der Waals surface area contributed by atoms with Crippen molar-refractivity contribution in [3.05, 3.63) is 24.5 Å². The molecule has 0 bridgehead atoms. The molecule has 0 aromatic carbocycles. The predicted octanol–water partition coefficient (Wildman–Crippen LogP) is 3.35. The number of ether oxygens (including phenoxy) is 5. The van der Waals surface area contributed by atoms with E-state index >= 15 is 0 Å². The Morgan fingerprint density at radius 1 is 0.694 bits per heavy atom. The van der Waals surface area contributed by atoms with Crippen LogP contribution in [-0.2, 0) is 87.9 Å². The van der Waals surface area contributed by atoms with E-state index in [0.717, 1.165) is 71.9 Å². The van der Waals surface area contributed by atoms with E-state index in [-0.39, 0.29) is 58.7 Å². The summed E-state index contributed by atoms with van der Waals surface area (Å²) in [6.07, 6.45) is 30.4. The predicted molar refractivity (Wildman–Crippen MR) is 331 cm³/mol. The normalized spacial score (nSPS) is 10.6. The second-order valence-corrected chi connectivity index (χ2v) is 18.2. The molecule has 0 heterocycles. The van der Waals surface area contributed by atoms with Crippen LogP contribution in [0.25, 0.3) is 0 Å². The van der Waals surface area contributed by atoms with E-state index in [1.165, 1.54) is 104 Å². The van der Waals surface area contributed by atoms with Crippen molar-refractivity contribution in [3.8, 4) is 0 Å². The van der Waals surface area contributed by atoms with E-state index in [2.05, 4.69) is 54.0 Å². The minimum atomic E-state index is -1.11. The molecule has 0 aromatic rings. The Morgan fingerprint density at radius 2 is 1.18 bits per heavy atom. The van der Waals surface area contributed by atoms with Crippen LogP contribution in [0.2, 0.25) is 0 Å². The van der Waals surface area contributed by atoms with E-state index in [1.54, 1.807) is 18.7 Å². The molecule has 496 valence electrons. The molecule has 0 spiro atoms. The first-order valence-electron chi connectivity index (χ1n) is 29.0. The Morgan fingerprint density at radius 3 is 1.54 bits per heavy atom. The van der Waals surface area contributed by atoms with Crippen molar-refractivity contribution in [2.24, 2.45) is 5.73 Å². The number of rotatable bonds is 48. The first-order valence-corrected chi connectivity index (χ1v) is 29.0. The quantitative estimate of drug-likeness (QED) is 0.00794. The fourth-order valence-corrected chi connectivity index (χ4v) is 5.82. The summed E-state index contributed by atoms with van der Waals surface area (Å²) >= 11 is 0. The molecular weight excluding hydrogens is 1270 g/mol. The summed E-state index contributed by atoms with van der Waals surface area (Å²) in [5.74, 6) is -0.0148. The number of methoxy groups -OCH3 is 1. The molecule has 85 heavy (non-hydrogen) atoms. The van der Waals surface area contributed by atoms with Crippen LogP contribution in [-0.4, -0.2) is 211 Å². The van der Waals surface area contributed by atoms with Crippen molar-refractivity contribution in [3.63, 3.8) is 0 Å². The number of nitrogens with two attached hydrogens (primary N) is 1. The number of hydrogen-bond acceptors (Lipinski definition) is 20. The van der Waals surface area contributed by atoms with E-state index in [4.69, 9.17) is 52.7 Å². The van der Waals surface area contributed by atoms with E-state index < -0.39 is 28.9 Å². The maximum absolute atomic E-state index is 11.8. The Balaban J connectivity index is -0.000000126. The molecule has 0 saturated heterocycles. The molecule has 11 N–H and O–H groups in total. The minimum absolute atomic E-state index is 0. The third-order valence-electron chi connectivity index (χ3n) is 10.6. The van der Waals surface area contributed by atoms with Gasteiger partial charge in [-0.15, -0.1) is 6.92 Å². The Bertz CT molecular complexity index is 1500. The molecule has 4 radical (unpaired) electrons. The molecule has 0 aliphatic carbocycles. The van der Waals surface area contributed by atoms with Crippen LogP contribution in [0.3, 0.4) is 0 Å². The van der Waals surface area contributed by atoms with Crippen LogP contribution in [0.5, 0.6) is 0 Å². The van der Waals surface area contributed by atoms with Gasteiger partial charge in [-0.25, -0.2) is 6.08 Å². The SMILES string of the molecule is C=[C-]/C(=C\C)OC.CCCC(C=O)NC(=O)CCCCCCCCCCCCCCCCC=O.CCCCNC.CO.CO.O=CCOCCOCCNC(=O)COCCOCCNC=O.[B]C(=O)C(C)(C)NC(=O)C(C)NO.[B]C(=O)CN.[W]. The zero-order valence-corrected chi connectivity index (χ0v) is 56.5. The number of amides is 4. The van der Waals surface area contributed by atoms with Gasteiger partial charge < -0.3 is 95.4 Å². The Kier molecular flexibility index (Phi) is 104. The number of unbranched alkanes of at least 4 members (excludes halogenated alkanes) is 15. The van der Waals surface area contributed by atoms with Gasteiger partial charge >= 0.3 is 0 Å². The molecule has 27 heteroatoms. The monoisotopic (exact) mass is 1390 g/mol. The number of hydrogen-bond donors (Lipinski definition) is 10. The van der Waals surface area contributed by atoms with Gasteiger partial charge in [-0.2, -0.15) is 18.1 Å². The van der Waals surface area contributed by atoms with Gasteiger partial charge in [0.15, 0.2) is 15.7 Å². The molecule has 0 rings (SSSR count). The molecule has 0 aliphatic rings. The fourth-order valence-electron chi connectivity index (χ4n) is 5.82. The average molecular weight is 1390 g/mol. The first kappa shape index (κ1) is 99.9. The summed E-state index contributed by atoms with van der Waals surface area (Å²) in [4.78, 5) is 95.4. The maximum atomic E-state index is 11.8. The second kappa shape index (κ2) is 88.7. The molecule has 4 amide bonds. The van der Waals surface area contributed by atoms with Crippen LogP contribution in [0.1, 0.15) is 170 Å². The molecule has 24 nitrogen and oxygen atoms in total. The van der Waals surface area contributed by atoms with Crippen LogP contribution in [0, 0.1) is 6.08 Å². The summed E-state index contributed by atoms with van der Waals surface area (Å²) in [6, 6.07) is -1.08. The molecule has 0 aromatic heterocycles. The number of hydroxylamine groups is 1. The maximum Gasteiger partial charge on any atom is 0.246 e. The van der Waals surface area contributed by atoms with Gasteiger partial charge in [0.25, 0.3) is 0 Å². The summed E-state index contributed by atoms with van der Waals surface area (Å²) in [5, 5.41) is 35.7. The largest absolute Gasteiger partial charge is 0.535 e. The third-order valence-corrected chi connectivity index (χ3v) is 10.6. The van der Waals surface area contributed by atoms with Crippen LogP contribution in [0.15, 0.2) is 18.4 Å². The van der Waals surface area contributed by atoms with Crippen LogP contribution in [0.4, 0.5) is 0 Å². The number of aliphatic hydroxyl groups is 2. The minimum Gasteiger partial charge on any atom is -0.535 e. The molecule has 2 unspecified atom stereocenters. The molecule has 2 atom stereocenters. The van der Waals surface area contributed by atoms with Gasteiger partial charge in [0, 0.05) is 67.8 Å². The van der Waals surface area contributed by atoms with Gasteiger partial charge in [-0.1, -0.05) is 109 Å². The van der Waals surface area contributed by atoms with Crippen molar-refractivity contribution in [2.75, 3.05) is 107 Å². The number of nitrogens with one attached hydrogen (secondary N) is 6. The van der Waals surface area contributed by atoms with E-state index in [1.807, 2.05) is 20.9 Å².